The molecular weight excluding hydrogens is 300 g/mol. The van der Waals surface area contributed by atoms with Gasteiger partial charge < -0.3 is 9.15 Å². The summed E-state index contributed by atoms with van der Waals surface area (Å²) in [5, 5.41) is 0. The summed E-state index contributed by atoms with van der Waals surface area (Å²) >= 11 is 0. The molecule has 0 aliphatic carbocycles. The zero-order chi connectivity index (χ0) is 17.4. The number of hydrogen-bond donors (Lipinski definition) is 0. The van der Waals surface area contributed by atoms with Crippen molar-refractivity contribution in [2.45, 2.75) is 59.3 Å². The first-order chi connectivity index (χ1) is 11.7. The lowest BCUT2D eigenvalue weighted by molar-refractivity contribution is 0.0526. The summed E-state index contributed by atoms with van der Waals surface area (Å²) in [6.45, 7) is 6.37. The molecule has 0 amide bonds. The van der Waals surface area contributed by atoms with E-state index in [0.29, 0.717) is 17.9 Å². The monoisotopic (exact) mass is 328 g/mol. The van der Waals surface area contributed by atoms with E-state index in [4.69, 9.17) is 9.15 Å². The van der Waals surface area contributed by atoms with Crippen molar-refractivity contribution in [3.63, 3.8) is 0 Å². The van der Waals surface area contributed by atoms with E-state index in [1.54, 1.807) is 0 Å². The van der Waals surface area contributed by atoms with E-state index in [9.17, 15) is 4.79 Å². The number of aryl methyl sites for hydroxylation is 1. The number of hydrogen-bond acceptors (Lipinski definition) is 3. The summed E-state index contributed by atoms with van der Waals surface area (Å²) in [7, 11) is 0. The summed E-state index contributed by atoms with van der Waals surface area (Å²) in [6, 6.07) is 9.79. The largest absolute Gasteiger partial charge is 0.462 e. The molecule has 0 N–H and O–H groups in total. The molecule has 1 heterocycles. The van der Waals surface area contributed by atoms with Gasteiger partial charge in [0.15, 0.2) is 0 Å². The van der Waals surface area contributed by atoms with E-state index in [-0.39, 0.29) is 5.97 Å². The predicted molar refractivity (Wildman–Crippen MR) is 97.3 cm³/mol. The summed E-state index contributed by atoms with van der Waals surface area (Å²) in [5.41, 5.74) is 2.41. The van der Waals surface area contributed by atoms with Crippen LogP contribution in [0.1, 0.15) is 67.6 Å². The summed E-state index contributed by atoms with van der Waals surface area (Å²) in [5.74, 6) is 1.25. The van der Waals surface area contributed by atoms with E-state index in [1.807, 2.05) is 44.2 Å². The highest BCUT2D eigenvalue weighted by Gasteiger charge is 2.24. The van der Waals surface area contributed by atoms with Crippen LogP contribution in [0.2, 0.25) is 0 Å². The molecule has 2 rings (SSSR count). The fraction of sp³-hybridized carbons (Fsp3) is 0.476. The maximum Gasteiger partial charge on any atom is 0.342 e. The number of carbonyl (C=O) groups is 1. The van der Waals surface area contributed by atoms with Gasteiger partial charge in [0.1, 0.15) is 17.1 Å². The molecule has 0 radical (unpaired) electrons. The minimum atomic E-state index is -0.296. The van der Waals surface area contributed by atoms with Crippen LogP contribution in [0.25, 0.3) is 11.3 Å². The van der Waals surface area contributed by atoms with Gasteiger partial charge in [0.05, 0.1) is 6.61 Å². The van der Waals surface area contributed by atoms with Crippen molar-refractivity contribution in [2.75, 3.05) is 6.61 Å². The Morgan fingerprint density at radius 3 is 2.42 bits per heavy atom. The van der Waals surface area contributed by atoms with Crippen LogP contribution in [-0.2, 0) is 11.2 Å². The van der Waals surface area contributed by atoms with Gasteiger partial charge in [-0.1, -0.05) is 62.9 Å². The lowest BCUT2D eigenvalue weighted by Crippen LogP contribution is -2.06. The van der Waals surface area contributed by atoms with Crippen molar-refractivity contribution in [3.8, 4) is 11.3 Å². The highest BCUT2D eigenvalue weighted by atomic mass is 16.5. The normalized spacial score (nSPS) is 10.8. The maximum atomic E-state index is 12.4. The quantitative estimate of drug-likeness (QED) is 0.422. The van der Waals surface area contributed by atoms with Crippen LogP contribution in [0.15, 0.2) is 34.7 Å². The van der Waals surface area contributed by atoms with Gasteiger partial charge in [0.2, 0.25) is 0 Å². The Morgan fingerprint density at radius 2 is 1.75 bits per heavy atom. The molecule has 0 aliphatic heterocycles. The van der Waals surface area contributed by atoms with Gasteiger partial charge in [-0.15, -0.1) is 0 Å². The number of benzene rings is 1. The smallest absolute Gasteiger partial charge is 0.342 e. The second-order valence-electron chi connectivity index (χ2n) is 6.11. The van der Waals surface area contributed by atoms with Gasteiger partial charge in [-0.05, 0) is 20.3 Å². The van der Waals surface area contributed by atoms with Crippen LogP contribution in [0, 0.1) is 6.92 Å². The van der Waals surface area contributed by atoms with Crippen molar-refractivity contribution in [1.82, 2.24) is 0 Å². The first-order valence-corrected chi connectivity index (χ1v) is 9.03. The van der Waals surface area contributed by atoms with Crippen molar-refractivity contribution in [3.05, 3.63) is 47.2 Å². The van der Waals surface area contributed by atoms with Crippen LogP contribution in [-0.4, -0.2) is 12.6 Å². The predicted octanol–water partition coefficient (Wildman–Crippen LogP) is 5.94. The van der Waals surface area contributed by atoms with Gasteiger partial charge >= 0.3 is 5.97 Å². The number of unbranched alkanes of at least 4 members (excludes halogenated alkanes) is 4. The number of rotatable bonds is 9. The van der Waals surface area contributed by atoms with Crippen LogP contribution in [0.4, 0.5) is 0 Å². The first kappa shape index (κ1) is 18.3. The van der Waals surface area contributed by atoms with E-state index >= 15 is 0 Å². The Kier molecular flexibility index (Phi) is 7.10. The van der Waals surface area contributed by atoms with Gasteiger partial charge in [-0.3, -0.25) is 0 Å². The molecule has 0 spiro atoms. The molecule has 24 heavy (non-hydrogen) atoms. The highest BCUT2D eigenvalue weighted by Crippen LogP contribution is 2.32. The Morgan fingerprint density at radius 1 is 1.04 bits per heavy atom. The third-order valence-corrected chi connectivity index (χ3v) is 4.27. The van der Waals surface area contributed by atoms with E-state index in [2.05, 4.69) is 6.92 Å². The molecule has 3 nitrogen and oxygen atoms in total. The third kappa shape index (κ3) is 4.50. The zero-order valence-electron chi connectivity index (χ0n) is 15.1. The van der Waals surface area contributed by atoms with Gasteiger partial charge in [-0.2, -0.15) is 0 Å². The maximum absolute atomic E-state index is 12.4. The van der Waals surface area contributed by atoms with Gasteiger partial charge in [0, 0.05) is 17.5 Å². The topological polar surface area (TPSA) is 39.4 Å². The molecule has 0 saturated carbocycles. The molecule has 1 aromatic heterocycles. The number of esters is 1. The Hall–Kier alpha value is -2.03. The third-order valence-electron chi connectivity index (χ3n) is 4.27. The fourth-order valence-electron chi connectivity index (χ4n) is 2.93. The van der Waals surface area contributed by atoms with Crippen LogP contribution >= 0.6 is 0 Å². The van der Waals surface area contributed by atoms with E-state index in [0.717, 1.165) is 29.7 Å². The molecule has 0 unspecified atom stereocenters. The van der Waals surface area contributed by atoms with E-state index in [1.165, 1.54) is 25.7 Å². The lowest BCUT2D eigenvalue weighted by Gasteiger charge is -2.03. The highest BCUT2D eigenvalue weighted by molar-refractivity contribution is 5.97. The van der Waals surface area contributed by atoms with Crippen molar-refractivity contribution in [1.29, 1.82) is 0 Å². The average molecular weight is 328 g/mol. The molecule has 130 valence electrons. The summed E-state index contributed by atoms with van der Waals surface area (Å²) < 4.78 is 11.3. The Balaban J connectivity index is 2.25. The van der Waals surface area contributed by atoms with Crippen molar-refractivity contribution in [2.24, 2.45) is 0 Å². The van der Waals surface area contributed by atoms with Gasteiger partial charge in [0.25, 0.3) is 0 Å². The van der Waals surface area contributed by atoms with Crippen LogP contribution in [0.5, 0.6) is 0 Å². The Bertz CT molecular complexity index is 641. The lowest BCUT2D eigenvalue weighted by atomic mass is 10.0. The molecule has 0 bridgehead atoms. The second kappa shape index (κ2) is 9.31. The average Bonchev–Trinajstić information content (AvgIpc) is 2.92. The number of furan rings is 1. The molecule has 3 heteroatoms. The van der Waals surface area contributed by atoms with E-state index < -0.39 is 0 Å². The van der Waals surface area contributed by atoms with Crippen molar-refractivity contribution < 1.29 is 13.9 Å². The molecule has 0 saturated heterocycles. The molecule has 2 aromatic rings. The summed E-state index contributed by atoms with van der Waals surface area (Å²) in [6.07, 6.45) is 6.93. The molecular formula is C21H28O3. The minimum Gasteiger partial charge on any atom is -0.462 e. The van der Waals surface area contributed by atoms with Gasteiger partial charge in [-0.25, -0.2) is 4.79 Å². The number of carbonyl (C=O) groups excluding carboxylic acids is 1. The minimum absolute atomic E-state index is 0.296. The molecule has 1 aromatic carbocycles. The summed E-state index contributed by atoms with van der Waals surface area (Å²) in [4.78, 5) is 12.4. The standard InChI is InChI=1S/C21H28O3/c1-4-6-7-8-12-15-18-16(3)19(21(22)23-5-2)20(24-18)17-13-10-9-11-14-17/h9-11,13-14H,4-8,12,15H2,1-3H3. The van der Waals surface area contributed by atoms with Crippen LogP contribution in [0.3, 0.4) is 0 Å². The molecule has 0 fully saturated rings. The second-order valence-corrected chi connectivity index (χ2v) is 6.11. The number of ether oxygens (including phenoxy) is 1. The zero-order valence-corrected chi connectivity index (χ0v) is 15.1. The van der Waals surface area contributed by atoms with Crippen LogP contribution < -0.4 is 0 Å². The molecule has 0 atom stereocenters. The fourth-order valence-corrected chi connectivity index (χ4v) is 2.93. The first-order valence-electron chi connectivity index (χ1n) is 9.03. The Labute approximate surface area is 145 Å². The van der Waals surface area contributed by atoms with Crippen molar-refractivity contribution >= 4 is 5.97 Å². The SMILES string of the molecule is CCCCCCCc1oc(-c2ccccc2)c(C(=O)OCC)c1C. The molecule has 0 aliphatic rings.